The Kier molecular flexibility index (Phi) is 11.6. The monoisotopic (exact) mass is 644 g/mol. The second-order valence-electron chi connectivity index (χ2n) is 12.9. The minimum Gasteiger partial charge on any atom is -0.497 e. The van der Waals surface area contributed by atoms with Crippen molar-refractivity contribution in [2.24, 2.45) is 17.8 Å². The molecule has 3 aromatic rings. The molecule has 1 saturated heterocycles. The van der Waals surface area contributed by atoms with Gasteiger partial charge in [0.05, 0.1) is 45.1 Å². The maximum absolute atomic E-state index is 14.2. The number of nitrogens with zero attached hydrogens (tertiary/aromatic N) is 4. The SMILES string of the molecule is CCOC(=O)CC(c1ccnc(OCC2CCN(c3cc(OC)ccc3C(=O)N(CC(C)C)c3cccc(OC)n3)CC2)c1)C1CC1. The normalized spacial score (nSPS) is 15.7. The Labute approximate surface area is 278 Å². The first kappa shape index (κ1) is 34.0. The van der Waals surface area contributed by atoms with E-state index in [0.717, 1.165) is 50.0 Å². The first-order valence-corrected chi connectivity index (χ1v) is 16.8. The van der Waals surface area contributed by atoms with Crippen LogP contribution in [0.2, 0.25) is 0 Å². The number of piperidine rings is 1. The minimum atomic E-state index is -0.152. The number of esters is 1. The average Bonchev–Trinajstić information content (AvgIpc) is 3.94. The van der Waals surface area contributed by atoms with Gasteiger partial charge >= 0.3 is 5.97 Å². The maximum atomic E-state index is 14.2. The van der Waals surface area contributed by atoms with Gasteiger partial charge in [-0.15, -0.1) is 0 Å². The molecule has 1 aliphatic carbocycles. The van der Waals surface area contributed by atoms with E-state index in [1.54, 1.807) is 31.4 Å². The molecule has 5 rings (SSSR count). The molecule has 0 radical (unpaired) electrons. The molecule has 1 amide bonds. The molecule has 3 heterocycles. The van der Waals surface area contributed by atoms with Gasteiger partial charge in [-0.05, 0) is 86.1 Å². The number of rotatable bonds is 15. The fourth-order valence-corrected chi connectivity index (χ4v) is 6.27. The summed E-state index contributed by atoms with van der Waals surface area (Å²) in [5.41, 5.74) is 2.55. The lowest BCUT2D eigenvalue weighted by atomic mass is 9.92. The average molecular weight is 645 g/mol. The molecule has 2 aliphatic rings. The molecule has 0 N–H and O–H groups in total. The van der Waals surface area contributed by atoms with E-state index in [9.17, 15) is 9.59 Å². The Bertz CT molecular complexity index is 1500. The summed E-state index contributed by atoms with van der Waals surface area (Å²) in [7, 11) is 3.21. The van der Waals surface area contributed by atoms with E-state index >= 15 is 0 Å². The Morgan fingerprint density at radius 2 is 1.77 bits per heavy atom. The van der Waals surface area contributed by atoms with Crippen molar-refractivity contribution in [1.82, 2.24) is 9.97 Å². The van der Waals surface area contributed by atoms with Crippen molar-refractivity contribution < 1.29 is 28.5 Å². The van der Waals surface area contributed by atoms with Crippen LogP contribution in [0.1, 0.15) is 74.7 Å². The van der Waals surface area contributed by atoms with Crippen LogP contribution in [0.15, 0.2) is 54.7 Å². The molecule has 2 aromatic heterocycles. The van der Waals surface area contributed by atoms with Crippen LogP contribution in [-0.4, -0.2) is 68.9 Å². The van der Waals surface area contributed by atoms with Gasteiger partial charge in [0.1, 0.15) is 11.6 Å². The molecule has 10 heteroatoms. The lowest BCUT2D eigenvalue weighted by molar-refractivity contribution is -0.143. The number of ether oxygens (including phenoxy) is 4. The predicted octanol–water partition coefficient (Wildman–Crippen LogP) is 6.54. The lowest BCUT2D eigenvalue weighted by Gasteiger charge is -2.35. The third-order valence-electron chi connectivity index (χ3n) is 8.91. The fraction of sp³-hybridized carbons (Fsp3) is 0.514. The molecule has 1 saturated carbocycles. The number of amides is 1. The molecule has 47 heavy (non-hydrogen) atoms. The summed E-state index contributed by atoms with van der Waals surface area (Å²) in [6, 6.07) is 15.1. The van der Waals surface area contributed by atoms with E-state index in [4.69, 9.17) is 18.9 Å². The van der Waals surface area contributed by atoms with Crippen LogP contribution in [0.5, 0.6) is 17.5 Å². The van der Waals surface area contributed by atoms with E-state index in [0.29, 0.717) is 66.9 Å². The molecule has 0 spiro atoms. The molecular weight excluding hydrogens is 596 g/mol. The van der Waals surface area contributed by atoms with Gasteiger partial charge in [0.25, 0.3) is 5.91 Å². The van der Waals surface area contributed by atoms with Gasteiger partial charge in [-0.1, -0.05) is 19.9 Å². The van der Waals surface area contributed by atoms with Gasteiger partial charge < -0.3 is 23.8 Å². The highest BCUT2D eigenvalue weighted by atomic mass is 16.5. The first-order valence-electron chi connectivity index (χ1n) is 16.8. The van der Waals surface area contributed by atoms with E-state index in [-0.39, 0.29) is 23.7 Å². The zero-order valence-corrected chi connectivity index (χ0v) is 28.3. The minimum absolute atomic E-state index is 0.110. The van der Waals surface area contributed by atoms with Crippen molar-refractivity contribution in [3.8, 4) is 17.5 Å². The lowest BCUT2D eigenvalue weighted by Crippen LogP contribution is -2.39. The maximum Gasteiger partial charge on any atom is 0.306 e. The van der Waals surface area contributed by atoms with E-state index in [2.05, 4.69) is 28.7 Å². The van der Waals surface area contributed by atoms with Crippen LogP contribution in [0, 0.1) is 17.8 Å². The van der Waals surface area contributed by atoms with E-state index in [1.165, 1.54) is 0 Å². The number of hydrogen-bond acceptors (Lipinski definition) is 9. The molecule has 0 bridgehead atoms. The number of pyridine rings is 2. The Morgan fingerprint density at radius 1 is 0.979 bits per heavy atom. The van der Waals surface area contributed by atoms with Crippen molar-refractivity contribution in [1.29, 1.82) is 0 Å². The van der Waals surface area contributed by atoms with Crippen molar-refractivity contribution >= 4 is 23.4 Å². The Morgan fingerprint density at radius 3 is 2.45 bits per heavy atom. The van der Waals surface area contributed by atoms with Crippen LogP contribution in [0.3, 0.4) is 0 Å². The molecule has 1 atom stereocenters. The topological polar surface area (TPSA) is 103 Å². The summed E-state index contributed by atoms with van der Waals surface area (Å²) in [6.45, 7) is 9.04. The highest BCUT2D eigenvalue weighted by Gasteiger charge is 2.34. The van der Waals surface area contributed by atoms with Crippen molar-refractivity contribution in [3.63, 3.8) is 0 Å². The number of carbonyl (C=O) groups is 2. The number of aromatic nitrogens is 2. The molecule has 2 fully saturated rings. The zero-order chi connectivity index (χ0) is 33.3. The number of anilines is 2. The summed E-state index contributed by atoms with van der Waals surface area (Å²) >= 11 is 0. The molecule has 1 unspecified atom stereocenters. The highest BCUT2D eigenvalue weighted by molar-refractivity contribution is 6.09. The quantitative estimate of drug-likeness (QED) is 0.171. The third-order valence-corrected chi connectivity index (χ3v) is 8.91. The number of methoxy groups -OCH3 is 2. The second-order valence-corrected chi connectivity index (χ2v) is 12.9. The van der Waals surface area contributed by atoms with Crippen molar-refractivity contribution in [3.05, 3.63) is 65.9 Å². The summed E-state index contributed by atoms with van der Waals surface area (Å²) in [5, 5.41) is 0. The van der Waals surface area contributed by atoms with Gasteiger partial charge in [-0.2, -0.15) is 4.98 Å². The zero-order valence-electron chi connectivity index (χ0n) is 28.3. The van der Waals surface area contributed by atoms with Crippen LogP contribution in [0.4, 0.5) is 11.5 Å². The van der Waals surface area contributed by atoms with E-state index in [1.807, 2.05) is 49.4 Å². The van der Waals surface area contributed by atoms with Gasteiger partial charge in [-0.3, -0.25) is 14.5 Å². The van der Waals surface area contributed by atoms with Crippen LogP contribution in [0.25, 0.3) is 0 Å². The number of carbonyl (C=O) groups excluding carboxylic acids is 2. The molecule has 1 aliphatic heterocycles. The third kappa shape index (κ3) is 8.93. The summed E-state index contributed by atoms with van der Waals surface area (Å²) in [4.78, 5) is 39.5. The molecule has 10 nitrogen and oxygen atoms in total. The van der Waals surface area contributed by atoms with Gasteiger partial charge in [0.2, 0.25) is 11.8 Å². The summed E-state index contributed by atoms with van der Waals surface area (Å²) in [5.74, 6) is 3.28. The summed E-state index contributed by atoms with van der Waals surface area (Å²) < 4.78 is 22.4. The number of hydrogen-bond donors (Lipinski definition) is 0. The smallest absolute Gasteiger partial charge is 0.306 e. The first-order chi connectivity index (χ1) is 22.8. The van der Waals surface area contributed by atoms with Crippen molar-refractivity contribution in [2.75, 3.05) is 56.9 Å². The van der Waals surface area contributed by atoms with Crippen molar-refractivity contribution in [2.45, 2.75) is 58.8 Å². The van der Waals surface area contributed by atoms with Gasteiger partial charge in [0, 0.05) is 44.0 Å². The summed E-state index contributed by atoms with van der Waals surface area (Å²) in [6.07, 6.45) is 6.25. The van der Waals surface area contributed by atoms with Crippen LogP contribution >= 0.6 is 0 Å². The predicted molar refractivity (Wildman–Crippen MR) is 182 cm³/mol. The van der Waals surface area contributed by atoms with E-state index < -0.39 is 0 Å². The fourth-order valence-electron chi connectivity index (χ4n) is 6.27. The Balaban J connectivity index is 1.25. The molecular formula is C37H48N4O6. The number of benzene rings is 1. The molecule has 252 valence electrons. The largest absolute Gasteiger partial charge is 0.497 e. The Hall–Kier alpha value is -4.34. The van der Waals surface area contributed by atoms with Crippen LogP contribution < -0.4 is 24.0 Å². The van der Waals surface area contributed by atoms with Gasteiger partial charge in [0.15, 0.2) is 0 Å². The highest BCUT2D eigenvalue weighted by Crippen LogP contribution is 2.45. The second kappa shape index (κ2) is 16.0. The van der Waals surface area contributed by atoms with Crippen LogP contribution in [-0.2, 0) is 9.53 Å². The molecule has 1 aromatic carbocycles. The standard InChI is InChI=1S/C37H48N4O6/c1-6-46-36(42)22-31(27-10-11-27)28-14-17-38-35(20-28)47-24-26-15-18-40(19-16-26)32-21-29(44-4)12-13-30(32)37(43)41(23-25(2)3)33-8-7-9-34(39-33)45-5/h7-9,12-14,17,20-21,25-27,31H,6,10-11,15-16,18-19,22-24H2,1-5H3. The van der Waals surface area contributed by atoms with Gasteiger partial charge in [-0.25, -0.2) is 4.98 Å².